The number of hydrogen-bond donors (Lipinski definition) is 1. The minimum Gasteiger partial charge on any atom is -0.496 e. The lowest BCUT2D eigenvalue weighted by Gasteiger charge is -2.37. The Morgan fingerprint density at radius 2 is 1.61 bits per heavy atom. The van der Waals surface area contributed by atoms with Gasteiger partial charge in [-0.25, -0.2) is 4.79 Å². The van der Waals surface area contributed by atoms with Gasteiger partial charge in [-0.05, 0) is 49.1 Å². The summed E-state index contributed by atoms with van der Waals surface area (Å²) in [4.78, 5) is 27.3. The van der Waals surface area contributed by atoms with Crippen LogP contribution >= 0.6 is 0 Å². The molecule has 1 aliphatic heterocycles. The van der Waals surface area contributed by atoms with E-state index < -0.39 is 11.9 Å². The van der Waals surface area contributed by atoms with Crippen LogP contribution in [-0.4, -0.2) is 46.8 Å². The molecule has 8 heteroatoms. The van der Waals surface area contributed by atoms with Crippen molar-refractivity contribution in [1.82, 2.24) is 5.32 Å². The standard InChI is InChI=1S/C30H35NO7/c1-7-12-38-30(33)26-17(2)31-21-13-18(20-10-8-9-11-23(20)34-3)14-22(32)28(21)27(26)19-15-24(35-4)29(37-6)25(16-19)36-5/h8-11,15-16,18,27,31H,7,12-14H2,1-6H3/t18-,27+/m1/s1. The van der Waals surface area contributed by atoms with Crippen molar-refractivity contribution in [2.75, 3.05) is 35.0 Å². The van der Waals surface area contributed by atoms with Crippen molar-refractivity contribution < 1.29 is 33.3 Å². The molecular weight excluding hydrogens is 486 g/mol. The van der Waals surface area contributed by atoms with Gasteiger partial charge in [-0.1, -0.05) is 25.1 Å². The highest BCUT2D eigenvalue weighted by Gasteiger charge is 2.42. The lowest BCUT2D eigenvalue weighted by molar-refractivity contribution is -0.139. The number of Topliss-reactive ketones (excluding diaryl/α,β-unsaturated/α-hetero) is 1. The van der Waals surface area contributed by atoms with Crippen LogP contribution in [0.3, 0.4) is 0 Å². The molecule has 1 aliphatic carbocycles. The van der Waals surface area contributed by atoms with Gasteiger partial charge in [-0.3, -0.25) is 4.79 Å². The first-order valence-corrected chi connectivity index (χ1v) is 12.7. The largest absolute Gasteiger partial charge is 0.496 e. The summed E-state index contributed by atoms with van der Waals surface area (Å²) in [6.07, 6.45) is 1.57. The van der Waals surface area contributed by atoms with Crippen LogP contribution in [0, 0.1) is 0 Å². The predicted molar refractivity (Wildman–Crippen MR) is 143 cm³/mol. The minimum atomic E-state index is -0.657. The number of hydrogen-bond acceptors (Lipinski definition) is 8. The molecule has 2 aromatic carbocycles. The zero-order valence-electron chi connectivity index (χ0n) is 22.8. The molecule has 0 saturated carbocycles. The van der Waals surface area contributed by atoms with Crippen LogP contribution < -0.4 is 24.3 Å². The van der Waals surface area contributed by atoms with Crippen molar-refractivity contribution in [3.63, 3.8) is 0 Å². The normalized spacial score (nSPS) is 18.9. The maximum atomic E-state index is 13.9. The molecule has 8 nitrogen and oxygen atoms in total. The summed E-state index contributed by atoms with van der Waals surface area (Å²) in [5.74, 6) is 0.852. The molecule has 202 valence electrons. The number of ketones is 1. The number of rotatable bonds is 9. The van der Waals surface area contributed by atoms with Gasteiger partial charge in [-0.15, -0.1) is 0 Å². The topological polar surface area (TPSA) is 92.3 Å². The van der Waals surface area contributed by atoms with Gasteiger partial charge in [0.05, 0.1) is 40.6 Å². The van der Waals surface area contributed by atoms with Crippen LogP contribution in [0.15, 0.2) is 58.9 Å². The quantitative estimate of drug-likeness (QED) is 0.459. The van der Waals surface area contributed by atoms with E-state index in [1.54, 1.807) is 19.2 Å². The van der Waals surface area contributed by atoms with Crippen LogP contribution in [-0.2, 0) is 14.3 Å². The van der Waals surface area contributed by atoms with Gasteiger partial charge in [-0.2, -0.15) is 0 Å². The van der Waals surface area contributed by atoms with E-state index >= 15 is 0 Å². The van der Waals surface area contributed by atoms with E-state index in [9.17, 15) is 9.59 Å². The lowest BCUT2D eigenvalue weighted by atomic mass is 9.71. The first kappa shape index (κ1) is 27.1. The molecule has 0 fully saturated rings. The van der Waals surface area contributed by atoms with Crippen LogP contribution in [0.25, 0.3) is 0 Å². The molecule has 0 radical (unpaired) electrons. The second kappa shape index (κ2) is 11.6. The molecule has 0 bridgehead atoms. The van der Waals surface area contributed by atoms with Gasteiger partial charge in [0.25, 0.3) is 0 Å². The van der Waals surface area contributed by atoms with Gasteiger partial charge >= 0.3 is 5.97 Å². The zero-order valence-corrected chi connectivity index (χ0v) is 22.8. The maximum absolute atomic E-state index is 13.9. The second-order valence-corrected chi connectivity index (χ2v) is 9.35. The van der Waals surface area contributed by atoms with Crippen LogP contribution in [0.2, 0.25) is 0 Å². The Morgan fingerprint density at radius 3 is 2.21 bits per heavy atom. The molecule has 2 aromatic rings. The fourth-order valence-corrected chi connectivity index (χ4v) is 5.41. The summed E-state index contributed by atoms with van der Waals surface area (Å²) >= 11 is 0. The summed E-state index contributed by atoms with van der Waals surface area (Å²) in [6, 6.07) is 11.4. The number of esters is 1. The molecule has 0 amide bonds. The van der Waals surface area contributed by atoms with Crippen molar-refractivity contribution >= 4 is 11.8 Å². The second-order valence-electron chi connectivity index (χ2n) is 9.35. The Bertz CT molecular complexity index is 1270. The third-order valence-electron chi connectivity index (χ3n) is 7.08. The van der Waals surface area contributed by atoms with E-state index in [0.717, 1.165) is 17.0 Å². The first-order chi connectivity index (χ1) is 18.4. The van der Waals surface area contributed by atoms with Gasteiger partial charge in [0.1, 0.15) is 5.75 Å². The summed E-state index contributed by atoms with van der Waals surface area (Å²) in [6.45, 7) is 4.06. The Kier molecular flexibility index (Phi) is 8.29. The molecule has 0 saturated heterocycles. The third kappa shape index (κ3) is 4.95. The first-order valence-electron chi connectivity index (χ1n) is 12.7. The summed E-state index contributed by atoms with van der Waals surface area (Å²) in [5, 5.41) is 3.38. The zero-order chi connectivity index (χ0) is 27.4. The van der Waals surface area contributed by atoms with Crippen molar-refractivity contribution in [2.24, 2.45) is 0 Å². The number of benzene rings is 2. The molecule has 0 aromatic heterocycles. The Balaban J connectivity index is 1.87. The predicted octanol–water partition coefficient (Wildman–Crippen LogP) is 5.04. The van der Waals surface area contributed by atoms with E-state index in [1.165, 1.54) is 21.3 Å². The van der Waals surface area contributed by atoms with Crippen molar-refractivity contribution in [3.8, 4) is 23.0 Å². The fourth-order valence-electron chi connectivity index (χ4n) is 5.41. The van der Waals surface area contributed by atoms with Crippen molar-refractivity contribution in [1.29, 1.82) is 0 Å². The number of carbonyl (C=O) groups excluding carboxylic acids is 2. The average molecular weight is 522 g/mol. The highest BCUT2D eigenvalue weighted by molar-refractivity contribution is 6.04. The molecule has 2 atom stereocenters. The minimum absolute atomic E-state index is 0.0401. The Morgan fingerprint density at radius 1 is 0.947 bits per heavy atom. The van der Waals surface area contributed by atoms with Gasteiger partial charge in [0, 0.05) is 35.2 Å². The highest BCUT2D eigenvalue weighted by Crippen LogP contribution is 2.49. The smallest absolute Gasteiger partial charge is 0.336 e. The Hall–Kier alpha value is -3.94. The highest BCUT2D eigenvalue weighted by atomic mass is 16.5. The number of ether oxygens (including phenoxy) is 5. The molecular formula is C30H35NO7. The maximum Gasteiger partial charge on any atom is 0.336 e. The number of allylic oxidation sites excluding steroid dienone is 3. The van der Waals surface area contributed by atoms with Crippen LogP contribution in [0.5, 0.6) is 23.0 Å². The molecule has 2 aliphatic rings. The third-order valence-corrected chi connectivity index (χ3v) is 7.08. The van der Waals surface area contributed by atoms with Gasteiger partial charge in [0.2, 0.25) is 5.75 Å². The molecule has 1 heterocycles. The van der Waals surface area contributed by atoms with E-state index in [1.807, 2.05) is 38.1 Å². The summed E-state index contributed by atoms with van der Waals surface area (Å²) in [7, 11) is 6.24. The van der Waals surface area contributed by atoms with Gasteiger partial charge in [0.15, 0.2) is 17.3 Å². The molecule has 0 spiro atoms. The van der Waals surface area contributed by atoms with Crippen molar-refractivity contribution in [2.45, 2.75) is 44.9 Å². The van der Waals surface area contributed by atoms with E-state index in [-0.39, 0.29) is 24.7 Å². The number of carbonyl (C=O) groups is 2. The molecule has 4 rings (SSSR count). The summed E-state index contributed by atoms with van der Waals surface area (Å²) in [5.41, 5.74) is 4.06. The Labute approximate surface area is 223 Å². The SMILES string of the molecule is CCCOC(=O)C1=C(C)NC2=C(C(=O)C[C@H](c3ccccc3OC)C2)[C@H]1c1cc(OC)c(OC)c(OC)c1. The summed E-state index contributed by atoms with van der Waals surface area (Å²) < 4.78 is 27.8. The number of methoxy groups -OCH3 is 4. The van der Waals surface area contributed by atoms with Gasteiger partial charge < -0.3 is 29.0 Å². The van der Waals surface area contributed by atoms with E-state index in [0.29, 0.717) is 52.5 Å². The number of dihydropyridines is 1. The molecule has 38 heavy (non-hydrogen) atoms. The average Bonchev–Trinajstić information content (AvgIpc) is 2.93. The van der Waals surface area contributed by atoms with Crippen molar-refractivity contribution in [3.05, 3.63) is 70.1 Å². The fraction of sp³-hybridized carbons (Fsp3) is 0.400. The van der Waals surface area contributed by atoms with Crippen LogP contribution in [0.1, 0.15) is 56.1 Å². The van der Waals surface area contributed by atoms with E-state index in [2.05, 4.69) is 5.32 Å². The number of para-hydroxylation sites is 1. The molecule has 0 unspecified atom stereocenters. The van der Waals surface area contributed by atoms with E-state index in [4.69, 9.17) is 23.7 Å². The molecule has 1 N–H and O–H groups in total. The number of nitrogens with one attached hydrogen (secondary N) is 1. The van der Waals surface area contributed by atoms with Crippen LogP contribution in [0.4, 0.5) is 0 Å². The lowest BCUT2D eigenvalue weighted by Crippen LogP contribution is -2.36. The monoisotopic (exact) mass is 521 g/mol.